The predicted octanol–water partition coefficient (Wildman–Crippen LogP) is 4.56. The van der Waals surface area contributed by atoms with Gasteiger partial charge in [-0.2, -0.15) is 0 Å². The van der Waals surface area contributed by atoms with E-state index in [4.69, 9.17) is 4.74 Å². The van der Waals surface area contributed by atoms with Gasteiger partial charge in [-0.15, -0.1) is 0 Å². The number of thioether (sulfide) groups is 1. The van der Waals surface area contributed by atoms with Crippen molar-refractivity contribution >= 4 is 34.3 Å². The topological polar surface area (TPSA) is 73.2 Å². The smallest absolute Gasteiger partial charge is 0.262 e. The van der Waals surface area contributed by atoms with Gasteiger partial charge in [-0.05, 0) is 63.4 Å². The van der Waals surface area contributed by atoms with Gasteiger partial charge in [0.2, 0.25) is 5.91 Å². The van der Waals surface area contributed by atoms with Gasteiger partial charge >= 0.3 is 0 Å². The number of nitrogens with zero attached hydrogens (tertiary/aromatic N) is 2. The van der Waals surface area contributed by atoms with Crippen LogP contribution < -0.4 is 10.9 Å². The van der Waals surface area contributed by atoms with Crippen LogP contribution in [0.1, 0.15) is 31.4 Å². The van der Waals surface area contributed by atoms with Gasteiger partial charge in [0.1, 0.15) is 0 Å². The molecule has 0 saturated heterocycles. The molecule has 164 valence electrons. The summed E-state index contributed by atoms with van der Waals surface area (Å²) in [6.45, 7) is 8.98. The first-order valence-electron chi connectivity index (χ1n) is 10.5. The lowest BCUT2D eigenvalue weighted by Gasteiger charge is -2.14. The van der Waals surface area contributed by atoms with E-state index < -0.39 is 0 Å². The number of hydrogen-bond donors (Lipinski definition) is 1. The van der Waals surface area contributed by atoms with Crippen LogP contribution >= 0.6 is 11.8 Å². The fourth-order valence-corrected chi connectivity index (χ4v) is 4.01. The lowest BCUT2D eigenvalue weighted by molar-refractivity contribution is -0.113. The predicted molar refractivity (Wildman–Crippen MR) is 127 cm³/mol. The average molecular weight is 440 g/mol. The minimum atomic E-state index is -0.129. The highest BCUT2D eigenvalue weighted by molar-refractivity contribution is 7.99. The van der Waals surface area contributed by atoms with Gasteiger partial charge < -0.3 is 10.1 Å². The van der Waals surface area contributed by atoms with Crippen molar-refractivity contribution in [2.75, 3.05) is 17.7 Å². The van der Waals surface area contributed by atoms with E-state index >= 15 is 0 Å². The molecule has 0 aliphatic rings. The third kappa shape index (κ3) is 6.18. The Morgan fingerprint density at radius 1 is 1.19 bits per heavy atom. The zero-order chi connectivity index (χ0) is 22.4. The first-order valence-corrected chi connectivity index (χ1v) is 11.4. The first kappa shape index (κ1) is 23.0. The van der Waals surface area contributed by atoms with Gasteiger partial charge in [0.25, 0.3) is 5.56 Å². The van der Waals surface area contributed by atoms with Crippen LogP contribution in [-0.2, 0) is 16.1 Å². The Kier molecular flexibility index (Phi) is 7.87. The molecule has 3 aromatic rings. The van der Waals surface area contributed by atoms with Gasteiger partial charge in [0.05, 0.1) is 22.8 Å². The molecular formula is C24H29N3O3S. The summed E-state index contributed by atoms with van der Waals surface area (Å²) in [7, 11) is 0. The number of fused-ring (bicyclic) bond motifs is 1. The van der Waals surface area contributed by atoms with Crippen LogP contribution in [0.25, 0.3) is 10.9 Å². The highest BCUT2D eigenvalue weighted by atomic mass is 32.2. The van der Waals surface area contributed by atoms with E-state index in [1.165, 1.54) is 11.8 Å². The monoisotopic (exact) mass is 439 g/mol. The molecule has 31 heavy (non-hydrogen) atoms. The molecule has 7 heteroatoms. The summed E-state index contributed by atoms with van der Waals surface area (Å²) < 4.78 is 7.26. The number of rotatable bonds is 9. The van der Waals surface area contributed by atoms with Gasteiger partial charge in [-0.25, -0.2) is 4.98 Å². The van der Waals surface area contributed by atoms with Gasteiger partial charge in [0.15, 0.2) is 5.16 Å². The third-order valence-corrected chi connectivity index (χ3v) is 5.78. The van der Waals surface area contributed by atoms with Crippen LogP contribution in [0.15, 0.2) is 52.4 Å². The summed E-state index contributed by atoms with van der Waals surface area (Å²) in [5, 5.41) is 4.09. The number of hydrogen-bond acceptors (Lipinski definition) is 5. The molecule has 1 aromatic heterocycles. The molecule has 0 atom stereocenters. The van der Waals surface area contributed by atoms with E-state index in [1.54, 1.807) is 10.6 Å². The Hall–Kier alpha value is -2.64. The Bertz CT molecular complexity index is 1120. The average Bonchev–Trinajstić information content (AvgIpc) is 2.73. The minimum Gasteiger partial charge on any atom is -0.379 e. The zero-order valence-electron chi connectivity index (χ0n) is 18.5. The van der Waals surface area contributed by atoms with Crippen molar-refractivity contribution in [1.29, 1.82) is 0 Å². The molecule has 0 aliphatic carbocycles. The molecule has 3 rings (SSSR count). The lowest BCUT2D eigenvalue weighted by atomic mass is 10.1. The molecule has 1 amide bonds. The number of aryl methyl sites for hydroxylation is 2. The maximum absolute atomic E-state index is 13.1. The molecule has 0 fully saturated rings. The zero-order valence-corrected chi connectivity index (χ0v) is 19.3. The summed E-state index contributed by atoms with van der Waals surface area (Å²) in [5.41, 5.74) is 3.45. The third-order valence-electron chi connectivity index (χ3n) is 4.80. The fraction of sp³-hybridized carbons (Fsp3) is 0.375. The number of aromatic nitrogens is 2. The van der Waals surface area contributed by atoms with Crippen molar-refractivity contribution in [3.05, 3.63) is 63.9 Å². The molecule has 0 bridgehead atoms. The summed E-state index contributed by atoms with van der Waals surface area (Å²) in [6.07, 6.45) is 0.842. The second-order valence-electron chi connectivity index (χ2n) is 7.80. The second-order valence-corrected chi connectivity index (χ2v) is 8.74. The summed E-state index contributed by atoms with van der Waals surface area (Å²) in [6, 6.07) is 13.3. The highest BCUT2D eigenvalue weighted by Crippen LogP contribution is 2.20. The summed E-state index contributed by atoms with van der Waals surface area (Å²) >= 11 is 1.28. The van der Waals surface area contributed by atoms with Gasteiger partial charge in [0, 0.05) is 18.8 Å². The summed E-state index contributed by atoms with van der Waals surface area (Å²) in [4.78, 5) is 30.3. The molecule has 0 radical (unpaired) electrons. The fourth-order valence-electron chi connectivity index (χ4n) is 3.18. The molecule has 0 saturated carbocycles. The van der Waals surface area contributed by atoms with Crippen LogP contribution in [-0.4, -0.2) is 33.9 Å². The van der Waals surface area contributed by atoms with Crippen molar-refractivity contribution in [3.63, 3.8) is 0 Å². The number of carbonyl (C=O) groups is 1. The van der Waals surface area contributed by atoms with E-state index in [9.17, 15) is 9.59 Å². The van der Waals surface area contributed by atoms with Crippen molar-refractivity contribution in [2.24, 2.45) is 0 Å². The SMILES string of the molecule is Cc1ccc(C)c(NC(=O)CSc2nc3ccccc3c(=O)n2CCCOC(C)C)c1. The highest BCUT2D eigenvalue weighted by Gasteiger charge is 2.14. The molecule has 0 unspecified atom stereocenters. The number of amides is 1. The normalized spacial score (nSPS) is 11.3. The number of ether oxygens (including phenoxy) is 1. The van der Waals surface area contributed by atoms with E-state index in [2.05, 4.69) is 10.3 Å². The van der Waals surface area contributed by atoms with E-state index in [1.807, 2.05) is 64.1 Å². The maximum Gasteiger partial charge on any atom is 0.262 e. The van der Waals surface area contributed by atoms with E-state index in [0.29, 0.717) is 35.6 Å². The lowest BCUT2D eigenvalue weighted by Crippen LogP contribution is -2.25. The Labute approximate surface area is 187 Å². The summed E-state index contributed by atoms with van der Waals surface area (Å²) in [5.74, 6) is 0.0384. The number of carbonyl (C=O) groups excluding carboxylic acids is 1. The van der Waals surface area contributed by atoms with Crippen molar-refractivity contribution < 1.29 is 9.53 Å². The van der Waals surface area contributed by atoms with Crippen LogP contribution in [0.4, 0.5) is 5.69 Å². The maximum atomic E-state index is 13.1. The second kappa shape index (κ2) is 10.6. The molecule has 2 aromatic carbocycles. The number of anilines is 1. The van der Waals surface area contributed by atoms with E-state index in [0.717, 1.165) is 16.8 Å². The number of para-hydroxylation sites is 1. The van der Waals surface area contributed by atoms with Gasteiger partial charge in [-0.3, -0.25) is 14.2 Å². The Morgan fingerprint density at radius 3 is 2.74 bits per heavy atom. The molecule has 0 aliphatic heterocycles. The van der Waals surface area contributed by atoms with Crippen LogP contribution in [0.2, 0.25) is 0 Å². The molecular weight excluding hydrogens is 410 g/mol. The molecule has 6 nitrogen and oxygen atoms in total. The molecule has 1 heterocycles. The largest absolute Gasteiger partial charge is 0.379 e. The Morgan fingerprint density at radius 2 is 1.97 bits per heavy atom. The van der Waals surface area contributed by atoms with Crippen molar-refractivity contribution in [3.8, 4) is 0 Å². The minimum absolute atomic E-state index is 0.0902. The number of benzene rings is 2. The molecule has 0 spiro atoms. The van der Waals surface area contributed by atoms with Gasteiger partial charge in [-0.1, -0.05) is 36.0 Å². The quantitative estimate of drug-likeness (QED) is 0.301. The van der Waals surface area contributed by atoms with Crippen LogP contribution in [0.3, 0.4) is 0 Å². The Balaban J connectivity index is 1.77. The first-order chi connectivity index (χ1) is 14.8. The molecule has 1 N–H and O–H groups in total. The van der Waals surface area contributed by atoms with Crippen LogP contribution in [0, 0.1) is 13.8 Å². The van der Waals surface area contributed by atoms with Crippen molar-refractivity contribution in [2.45, 2.75) is 51.9 Å². The standard InChI is InChI=1S/C24H29N3O3S/c1-16(2)30-13-7-12-27-23(29)19-8-5-6-9-20(19)26-24(27)31-15-22(28)25-21-14-17(3)10-11-18(21)4/h5-6,8-11,14,16H,7,12-13,15H2,1-4H3,(H,25,28). The van der Waals surface area contributed by atoms with Crippen molar-refractivity contribution in [1.82, 2.24) is 9.55 Å². The number of nitrogens with one attached hydrogen (secondary N) is 1. The van der Waals surface area contributed by atoms with E-state index in [-0.39, 0.29) is 23.3 Å². The van der Waals surface area contributed by atoms with Crippen LogP contribution in [0.5, 0.6) is 0 Å².